The molecular formula is C23H24N6O3. The number of ether oxygens (including phenoxy) is 1. The van der Waals surface area contributed by atoms with Gasteiger partial charge in [-0.1, -0.05) is 0 Å². The van der Waals surface area contributed by atoms with E-state index in [0.29, 0.717) is 30.0 Å². The molecule has 2 N–H and O–H groups in total. The van der Waals surface area contributed by atoms with Gasteiger partial charge in [-0.3, -0.25) is 14.7 Å². The number of carbonyl (C=O) groups is 1. The quantitative estimate of drug-likeness (QED) is 0.486. The van der Waals surface area contributed by atoms with Gasteiger partial charge < -0.3 is 14.6 Å². The third-order valence-corrected chi connectivity index (χ3v) is 5.90. The molecule has 0 atom stereocenters. The van der Waals surface area contributed by atoms with E-state index in [1.54, 1.807) is 34.7 Å². The van der Waals surface area contributed by atoms with E-state index in [1.807, 2.05) is 24.3 Å². The Balaban J connectivity index is 1.29. The maximum atomic E-state index is 12.9. The number of aromatic nitrogens is 5. The zero-order valence-electron chi connectivity index (χ0n) is 17.8. The monoisotopic (exact) mass is 432 g/mol. The Morgan fingerprint density at radius 2 is 2.00 bits per heavy atom. The van der Waals surface area contributed by atoms with Gasteiger partial charge in [0.15, 0.2) is 5.69 Å². The van der Waals surface area contributed by atoms with Gasteiger partial charge in [-0.15, -0.1) is 0 Å². The van der Waals surface area contributed by atoms with E-state index in [0.717, 1.165) is 48.3 Å². The molecule has 3 aromatic heterocycles. The highest BCUT2D eigenvalue weighted by Gasteiger charge is 2.21. The molecule has 5 rings (SSSR count). The molecule has 0 saturated carbocycles. The number of carbonyl (C=O) groups excluding carboxylic acids is 1. The molecule has 3 heterocycles. The van der Waals surface area contributed by atoms with Crippen molar-refractivity contribution < 1.29 is 9.53 Å². The molecule has 32 heavy (non-hydrogen) atoms. The largest absolute Gasteiger partial charge is 0.497 e. The van der Waals surface area contributed by atoms with Crippen molar-refractivity contribution >= 4 is 11.4 Å². The van der Waals surface area contributed by atoms with Gasteiger partial charge in [0.05, 0.1) is 12.8 Å². The van der Waals surface area contributed by atoms with Gasteiger partial charge in [-0.25, -0.2) is 4.52 Å². The van der Waals surface area contributed by atoms with Crippen molar-refractivity contribution in [2.45, 2.75) is 32.2 Å². The minimum absolute atomic E-state index is 0.161. The standard InChI is InChI=1S/C23H24N6O3/c1-32-16-8-6-15(7-9-16)19-14-20-23(31)28(12-13-29(20)27-19)11-10-24-22(30)21-17-4-2-3-5-18(17)25-26-21/h6-9,12-14H,2-5,10-11H2,1H3,(H,24,30)(H,25,26). The van der Waals surface area contributed by atoms with Gasteiger partial charge in [-0.05, 0) is 56.0 Å². The average Bonchev–Trinajstić information content (AvgIpc) is 3.46. The number of H-pyrrole nitrogens is 1. The van der Waals surface area contributed by atoms with Crippen LogP contribution in [0.2, 0.25) is 0 Å². The number of fused-ring (bicyclic) bond motifs is 2. The van der Waals surface area contributed by atoms with E-state index in [-0.39, 0.29) is 11.5 Å². The molecule has 0 unspecified atom stereocenters. The second-order valence-electron chi connectivity index (χ2n) is 7.88. The fourth-order valence-corrected chi connectivity index (χ4v) is 4.15. The number of rotatable bonds is 6. The Bertz CT molecular complexity index is 1330. The fraction of sp³-hybridized carbons (Fsp3) is 0.304. The lowest BCUT2D eigenvalue weighted by molar-refractivity contribution is 0.0946. The molecule has 0 saturated heterocycles. The van der Waals surface area contributed by atoms with Crippen LogP contribution in [-0.4, -0.2) is 43.9 Å². The van der Waals surface area contributed by atoms with Crippen LogP contribution in [-0.2, 0) is 19.4 Å². The van der Waals surface area contributed by atoms with E-state index in [4.69, 9.17) is 4.74 Å². The molecule has 9 nitrogen and oxygen atoms in total. The van der Waals surface area contributed by atoms with Gasteiger partial charge in [-0.2, -0.15) is 10.2 Å². The number of methoxy groups -OCH3 is 1. The number of nitrogens with zero attached hydrogens (tertiary/aromatic N) is 4. The molecule has 9 heteroatoms. The van der Waals surface area contributed by atoms with Gasteiger partial charge in [0.2, 0.25) is 0 Å². The van der Waals surface area contributed by atoms with Crippen molar-refractivity contribution in [1.29, 1.82) is 0 Å². The molecule has 4 aromatic rings. The summed E-state index contributed by atoms with van der Waals surface area (Å²) < 4.78 is 8.34. The topological polar surface area (TPSA) is 106 Å². The number of hydrogen-bond donors (Lipinski definition) is 2. The number of benzene rings is 1. The van der Waals surface area contributed by atoms with Crippen LogP contribution < -0.4 is 15.6 Å². The van der Waals surface area contributed by atoms with Crippen LogP contribution in [0.3, 0.4) is 0 Å². The second kappa shape index (κ2) is 8.33. The molecule has 1 aromatic carbocycles. The number of aryl methyl sites for hydroxylation is 1. The van der Waals surface area contributed by atoms with Crippen molar-refractivity contribution in [3.05, 3.63) is 70.0 Å². The maximum Gasteiger partial charge on any atom is 0.276 e. The van der Waals surface area contributed by atoms with Crippen LogP contribution in [0.5, 0.6) is 5.75 Å². The van der Waals surface area contributed by atoms with Crippen LogP contribution in [0.1, 0.15) is 34.6 Å². The summed E-state index contributed by atoms with van der Waals surface area (Å²) in [5.41, 5.74) is 4.49. The highest BCUT2D eigenvalue weighted by atomic mass is 16.5. The molecule has 1 aliphatic carbocycles. The van der Waals surface area contributed by atoms with E-state index in [9.17, 15) is 9.59 Å². The summed E-state index contributed by atoms with van der Waals surface area (Å²) in [6.07, 6.45) is 7.44. The first-order valence-electron chi connectivity index (χ1n) is 10.7. The van der Waals surface area contributed by atoms with Gasteiger partial charge >= 0.3 is 0 Å². The van der Waals surface area contributed by atoms with Gasteiger partial charge in [0, 0.05) is 42.3 Å². The van der Waals surface area contributed by atoms with Crippen LogP contribution in [0.4, 0.5) is 0 Å². The van der Waals surface area contributed by atoms with Crippen LogP contribution >= 0.6 is 0 Å². The maximum absolute atomic E-state index is 12.9. The molecular weight excluding hydrogens is 408 g/mol. The number of aromatic amines is 1. The first-order valence-corrected chi connectivity index (χ1v) is 10.7. The molecule has 0 radical (unpaired) electrons. The van der Waals surface area contributed by atoms with E-state index >= 15 is 0 Å². The lowest BCUT2D eigenvalue weighted by Crippen LogP contribution is -2.31. The minimum Gasteiger partial charge on any atom is -0.497 e. The van der Waals surface area contributed by atoms with Crippen molar-refractivity contribution in [3.8, 4) is 17.0 Å². The van der Waals surface area contributed by atoms with Crippen LogP contribution in [0, 0.1) is 0 Å². The van der Waals surface area contributed by atoms with Gasteiger partial charge in [0.1, 0.15) is 11.3 Å². The summed E-state index contributed by atoms with van der Waals surface area (Å²) in [5, 5.41) is 14.6. The molecule has 0 bridgehead atoms. The average molecular weight is 432 g/mol. The van der Waals surface area contributed by atoms with Crippen molar-refractivity contribution in [3.63, 3.8) is 0 Å². The number of nitrogens with one attached hydrogen (secondary N) is 2. The zero-order chi connectivity index (χ0) is 22.1. The first-order chi connectivity index (χ1) is 15.6. The minimum atomic E-state index is -0.204. The summed E-state index contributed by atoms with van der Waals surface area (Å²) in [7, 11) is 1.62. The Labute approximate surface area is 184 Å². The molecule has 0 fully saturated rings. The predicted octanol–water partition coefficient (Wildman–Crippen LogP) is 2.20. The van der Waals surface area contributed by atoms with E-state index in [2.05, 4.69) is 20.6 Å². The van der Waals surface area contributed by atoms with E-state index < -0.39 is 0 Å². The first kappa shape index (κ1) is 20.0. The predicted molar refractivity (Wildman–Crippen MR) is 119 cm³/mol. The Morgan fingerprint density at radius 1 is 1.19 bits per heavy atom. The lowest BCUT2D eigenvalue weighted by atomic mass is 9.96. The lowest BCUT2D eigenvalue weighted by Gasteiger charge is -2.11. The summed E-state index contributed by atoms with van der Waals surface area (Å²) in [6, 6.07) is 9.30. The summed E-state index contributed by atoms with van der Waals surface area (Å²) in [6.45, 7) is 0.687. The highest BCUT2D eigenvalue weighted by molar-refractivity contribution is 5.94. The summed E-state index contributed by atoms with van der Waals surface area (Å²) >= 11 is 0. The third-order valence-electron chi connectivity index (χ3n) is 5.90. The molecule has 164 valence electrons. The normalized spacial score (nSPS) is 13.2. The van der Waals surface area contributed by atoms with Crippen LogP contribution in [0.15, 0.2) is 47.5 Å². The van der Waals surface area contributed by atoms with Gasteiger partial charge in [0.25, 0.3) is 11.5 Å². The number of amides is 1. The fourth-order valence-electron chi connectivity index (χ4n) is 4.15. The van der Waals surface area contributed by atoms with Crippen molar-refractivity contribution in [2.75, 3.05) is 13.7 Å². The Hall–Kier alpha value is -3.88. The highest BCUT2D eigenvalue weighted by Crippen LogP contribution is 2.22. The summed E-state index contributed by atoms with van der Waals surface area (Å²) in [4.78, 5) is 25.5. The third kappa shape index (κ3) is 3.66. The zero-order valence-corrected chi connectivity index (χ0v) is 17.8. The van der Waals surface area contributed by atoms with E-state index in [1.165, 1.54) is 0 Å². The Morgan fingerprint density at radius 3 is 2.81 bits per heavy atom. The Kier molecular flexibility index (Phi) is 5.22. The van der Waals surface area contributed by atoms with Crippen molar-refractivity contribution in [2.24, 2.45) is 0 Å². The molecule has 0 spiro atoms. The van der Waals surface area contributed by atoms with Crippen LogP contribution in [0.25, 0.3) is 16.8 Å². The molecule has 1 amide bonds. The molecule has 0 aliphatic heterocycles. The second-order valence-corrected chi connectivity index (χ2v) is 7.88. The smallest absolute Gasteiger partial charge is 0.276 e. The summed E-state index contributed by atoms with van der Waals surface area (Å²) in [5.74, 6) is 0.557. The molecule has 1 aliphatic rings. The van der Waals surface area contributed by atoms with Crippen molar-refractivity contribution in [1.82, 2.24) is 29.7 Å². The number of hydrogen-bond acceptors (Lipinski definition) is 5. The SMILES string of the molecule is COc1ccc(-c2cc3c(=O)n(CCNC(=O)c4n[nH]c5c4CCCC5)ccn3n2)cc1.